The molecular formula is C13H27N3O. The zero-order valence-electron chi connectivity index (χ0n) is 11.3. The van der Waals surface area contributed by atoms with Crippen LogP contribution in [0.15, 0.2) is 0 Å². The Hall–Kier alpha value is -0.160. The minimum Gasteiger partial charge on any atom is -0.388 e. The quantitative estimate of drug-likeness (QED) is 0.736. The Bertz CT molecular complexity index is 233. The molecule has 2 aliphatic rings. The van der Waals surface area contributed by atoms with Gasteiger partial charge in [0.1, 0.15) is 0 Å². The first-order valence-corrected chi connectivity index (χ1v) is 6.91. The lowest BCUT2D eigenvalue weighted by Crippen LogP contribution is -2.52. The van der Waals surface area contributed by atoms with E-state index in [-0.39, 0.29) is 0 Å². The van der Waals surface area contributed by atoms with Gasteiger partial charge in [-0.3, -0.25) is 0 Å². The van der Waals surface area contributed by atoms with Crippen LogP contribution in [-0.2, 0) is 0 Å². The fourth-order valence-electron chi connectivity index (χ4n) is 3.08. The smallest absolute Gasteiger partial charge is 0.0798 e. The molecule has 2 saturated heterocycles. The molecule has 0 aromatic rings. The number of nitrogens with zero attached hydrogens (tertiary/aromatic N) is 2. The molecule has 2 rings (SSSR count). The maximum atomic E-state index is 10.5. The van der Waals surface area contributed by atoms with Gasteiger partial charge in [-0.25, -0.2) is 0 Å². The summed E-state index contributed by atoms with van der Waals surface area (Å²) in [5.41, 5.74) is -0.455. The molecule has 100 valence electrons. The molecule has 17 heavy (non-hydrogen) atoms. The standard InChI is InChI=1S/C13H27N3O/c1-15-9-3-12(4-10-15)16(2)11-13(17)5-7-14-8-6-13/h12,14,17H,3-11H2,1-2H3. The summed E-state index contributed by atoms with van der Waals surface area (Å²) in [4.78, 5) is 4.78. The highest BCUT2D eigenvalue weighted by Crippen LogP contribution is 2.22. The van der Waals surface area contributed by atoms with E-state index in [1.54, 1.807) is 0 Å². The van der Waals surface area contributed by atoms with Crippen molar-refractivity contribution in [1.82, 2.24) is 15.1 Å². The molecule has 4 nitrogen and oxygen atoms in total. The molecule has 0 atom stereocenters. The van der Waals surface area contributed by atoms with Gasteiger partial charge in [0.05, 0.1) is 5.60 Å². The zero-order valence-corrected chi connectivity index (χ0v) is 11.3. The molecule has 0 saturated carbocycles. The molecule has 4 heteroatoms. The second-order valence-corrected chi connectivity index (χ2v) is 5.92. The first-order valence-electron chi connectivity index (χ1n) is 6.91. The molecule has 0 aromatic heterocycles. The van der Waals surface area contributed by atoms with Crippen molar-refractivity contribution in [2.24, 2.45) is 0 Å². The third kappa shape index (κ3) is 3.65. The number of likely N-dealkylation sites (tertiary alicyclic amines) is 1. The van der Waals surface area contributed by atoms with Crippen LogP contribution >= 0.6 is 0 Å². The van der Waals surface area contributed by atoms with Crippen LogP contribution in [0.4, 0.5) is 0 Å². The van der Waals surface area contributed by atoms with Gasteiger partial charge in [-0.15, -0.1) is 0 Å². The molecule has 0 spiro atoms. The number of hydrogen-bond acceptors (Lipinski definition) is 4. The monoisotopic (exact) mass is 241 g/mol. The van der Waals surface area contributed by atoms with E-state index in [0.29, 0.717) is 6.04 Å². The highest BCUT2D eigenvalue weighted by Gasteiger charge is 2.32. The Labute approximate surface area is 105 Å². The number of likely N-dealkylation sites (N-methyl/N-ethyl adjacent to an activating group) is 1. The fraction of sp³-hybridized carbons (Fsp3) is 1.00. The number of hydrogen-bond donors (Lipinski definition) is 2. The minimum absolute atomic E-state index is 0.455. The Morgan fingerprint density at radius 2 is 1.88 bits per heavy atom. The van der Waals surface area contributed by atoms with Crippen LogP contribution in [0.3, 0.4) is 0 Å². The molecule has 2 heterocycles. The molecule has 0 aromatic carbocycles. The molecule has 0 radical (unpaired) electrons. The van der Waals surface area contributed by atoms with Crippen LogP contribution < -0.4 is 5.32 Å². The second kappa shape index (κ2) is 5.65. The van der Waals surface area contributed by atoms with E-state index in [9.17, 15) is 5.11 Å². The summed E-state index contributed by atoms with van der Waals surface area (Å²) in [6, 6.07) is 0.658. The summed E-state index contributed by atoms with van der Waals surface area (Å²) < 4.78 is 0. The predicted molar refractivity (Wildman–Crippen MR) is 70.2 cm³/mol. The number of aliphatic hydroxyl groups is 1. The second-order valence-electron chi connectivity index (χ2n) is 5.92. The SMILES string of the molecule is CN1CCC(N(C)CC2(O)CCNCC2)CC1. The largest absolute Gasteiger partial charge is 0.388 e. The summed E-state index contributed by atoms with van der Waals surface area (Å²) in [5, 5.41) is 13.8. The topological polar surface area (TPSA) is 38.7 Å². The van der Waals surface area contributed by atoms with E-state index >= 15 is 0 Å². The van der Waals surface area contributed by atoms with Crippen molar-refractivity contribution in [2.45, 2.75) is 37.3 Å². The van der Waals surface area contributed by atoms with Crippen molar-refractivity contribution >= 4 is 0 Å². The Morgan fingerprint density at radius 3 is 2.47 bits per heavy atom. The third-order valence-corrected chi connectivity index (χ3v) is 4.39. The molecule has 0 unspecified atom stereocenters. The number of nitrogens with one attached hydrogen (secondary N) is 1. The lowest BCUT2D eigenvalue weighted by molar-refractivity contribution is -0.0293. The average molecular weight is 241 g/mol. The van der Waals surface area contributed by atoms with Gasteiger partial charge in [0.2, 0.25) is 0 Å². The van der Waals surface area contributed by atoms with Gasteiger partial charge >= 0.3 is 0 Å². The summed E-state index contributed by atoms with van der Waals surface area (Å²) in [5.74, 6) is 0. The van der Waals surface area contributed by atoms with Crippen molar-refractivity contribution in [3.05, 3.63) is 0 Å². The van der Waals surface area contributed by atoms with E-state index in [4.69, 9.17) is 0 Å². The van der Waals surface area contributed by atoms with E-state index < -0.39 is 5.60 Å². The highest BCUT2D eigenvalue weighted by molar-refractivity contribution is 4.89. The summed E-state index contributed by atoms with van der Waals surface area (Å²) in [6.07, 6.45) is 4.26. The van der Waals surface area contributed by atoms with Gasteiger partial charge in [-0.2, -0.15) is 0 Å². The van der Waals surface area contributed by atoms with Crippen LogP contribution in [-0.4, -0.2) is 73.4 Å². The van der Waals surface area contributed by atoms with Crippen molar-refractivity contribution in [2.75, 3.05) is 46.8 Å². The lowest BCUT2D eigenvalue weighted by atomic mass is 9.91. The first kappa shape index (κ1) is 13.3. The molecule has 2 aliphatic heterocycles. The molecule has 0 aliphatic carbocycles. The minimum atomic E-state index is -0.455. The number of rotatable bonds is 3. The van der Waals surface area contributed by atoms with Gasteiger partial charge in [0.25, 0.3) is 0 Å². The summed E-state index contributed by atoms with van der Waals surface area (Å²) >= 11 is 0. The van der Waals surface area contributed by atoms with Crippen LogP contribution in [0.1, 0.15) is 25.7 Å². The first-order chi connectivity index (χ1) is 8.09. The Kier molecular flexibility index (Phi) is 4.42. The van der Waals surface area contributed by atoms with E-state index in [2.05, 4.69) is 29.2 Å². The summed E-state index contributed by atoms with van der Waals surface area (Å²) in [7, 11) is 4.37. The van der Waals surface area contributed by atoms with E-state index in [1.807, 2.05) is 0 Å². The Morgan fingerprint density at radius 1 is 1.29 bits per heavy atom. The molecule has 0 bridgehead atoms. The van der Waals surface area contributed by atoms with Crippen LogP contribution in [0.25, 0.3) is 0 Å². The van der Waals surface area contributed by atoms with Gasteiger partial charge < -0.3 is 20.2 Å². The average Bonchev–Trinajstić information content (AvgIpc) is 2.30. The van der Waals surface area contributed by atoms with Gasteiger partial charge in [0, 0.05) is 12.6 Å². The normalized spacial score (nSPS) is 27.5. The van der Waals surface area contributed by atoms with E-state index in [1.165, 1.54) is 25.9 Å². The molecule has 2 N–H and O–H groups in total. The van der Waals surface area contributed by atoms with Gasteiger partial charge in [0.15, 0.2) is 0 Å². The van der Waals surface area contributed by atoms with Crippen LogP contribution in [0.5, 0.6) is 0 Å². The molecule has 2 fully saturated rings. The Balaban J connectivity index is 1.81. The van der Waals surface area contributed by atoms with Crippen LogP contribution in [0.2, 0.25) is 0 Å². The third-order valence-electron chi connectivity index (χ3n) is 4.39. The zero-order chi connectivity index (χ0) is 12.3. The molecular weight excluding hydrogens is 214 g/mol. The lowest BCUT2D eigenvalue weighted by Gasteiger charge is -2.41. The van der Waals surface area contributed by atoms with Crippen molar-refractivity contribution in [3.63, 3.8) is 0 Å². The van der Waals surface area contributed by atoms with Crippen molar-refractivity contribution < 1.29 is 5.11 Å². The highest BCUT2D eigenvalue weighted by atomic mass is 16.3. The predicted octanol–water partition coefficient (Wildman–Crippen LogP) is 0.127. The fourth-order valence-corrected chi connectivity index (χ4v) is 3.08. The van der Waals surface area contributed by atoms with E-state index in [0.717, 1.165) is 32.5 Å². The van der Waals surface area contributed by atoms with Gasteiger partial charge in [-0.05, 0) is 66.0 Å². The number of piperidine rings is 2. The van der Waals surface area contributed by atoms with Crippen molar-refractivity contribution in [3.8, 4) is 0 Å². The molecule has 0 amide bonds. The van der Waals surface area contributed by atoms with Crippen LogP contribution in [0, 0.1) is 0 Å². The van der Waals surface area contributed by atoms with Gasteiger partial charge in [-0.1, -0.05) is 0 Å². The maximum Gasteiger partial charge on any atom is 0.0798 e. The maximum absolute atomic E-state index is 10.5. The summed E-state index contributed by atoms with van der Waals surface area (Å²) in [6.45, 7) is 5.13. The van der Waals surface area contributed by atoms with Crippen molar-refractivity contribution in [1.29, 1.82) is 0 Å².